The third-order valence-corrected chi connectivity index (χ3v) is 3.42. The molecule has 0 radical (unpaired) electrons. The Bertz CT molecular complexity index is 963. The second-order valence-electron chi connectivity index (χ2n) is 4.84. The molecular weight excluding hydrogens is 311 g/mol. The molecule has 2 N–H and O–H groups in total. The van der Waals surface area contributed by atoms with Gasteiger partial charge in [0.25, 0.3) is 5.56 Å². The van der Waals surface area contributed by atoms with Gasteiger partial charge in [-0.1, -0.05) is 0 Å². The molecule has 2 aromatic heterocycles. The summed E-state index contributed by atoms with van der Waals surface area (Å²) in [6.07, 6.45) is -6.70. The van der Waals surface area contributed by atoms with E-state index in [-0.39, 0.29) is 23.2 Å². The monoisotopic (exact) mass is 329 g/mol. The summed E-state index contributed by atoms with van der Waals surface area (Å²) in [5.41, 5.74) is -2.38. The maximum Gasteiger partial charge on any atom is 0.421 e. The molecule has 0 fully saturated rings. The number of H-pyrrole nitrogens is 1. The summed E-state index contributed by atoms with van der Waals surface area (Å²) in [7, 11) is 1.04. The van der Waals surface area contributed by atoms with Crippen molar-refractivity contribution in [2.45, 2.75) is 25.1 Å². The topological polar surface area (TPSA) is 67.0 Å². The van der Waals surface area contributed by atoms with Crippen LogP contribution in [0.4, 0.5) is 13.2 Å². The Balaban J connectivity index is 2.17. The van der Waals surface area contributed by atoms with Gasteiger partial charge in [0.15, 0.2) is 0 Å². The Labute approximate surface area is 135 Å². The Hall–Kier alpha value is -2.35. The predicted molar refractivity (Wildman–Crippen MR) is 76.1 cm³/mol. The van der Waals surface area contributed by atoms with Crippen LogP contribution in [-0.2, 0) is 19.1 Å². The Kier molecular flexibility index (Phi) is 2.78. The smallest absolute Gasteiger partial charge is 0.421 e. The van der Waals surface area contributed by atoms with Crippen LogP contribution in [0, 0.1) is 0 Å². The number of alkyl halides is 3. The molecule has 0 spiro atoms. The highest BCUT2D eigenvalue weighted by molar-refractivity contribution is 5.36. The van der Waals surface area contributed by atoms with Gasteiger partial charge >= 0.3 is 6.18 Å². The van der Waals surface area contributed by atoms with Gasteiger partial charge in [-0.15, -0.1) is 0 Å². The quantitative estimate of drug-likeness (QED) is 0.886. The molecule has 3 heterocycles. The molecule has 1 aliphatic heterocycles. The highest BCUT2D eigenvalue weighted by atomic mass is 19.4. The van der Waals surface area contributed by atoms with Crippen LogP contribution in [0.2, 0.25) is 0 Å². The lowest BCUT2D eigenvalue weighted by molar-refractivity contribution is -0.139. The van der Waals surface area contributed by atoms with Crippen molar-refractivity contribution in [3.63, 3.8) is 0 Å². The first kappa shape index (κ1) is 11.2. The average Bonchev–Trinajstić information content (AvgIpc) is 2.57. The van der Waals surface area contributed by atoms with Gasteiger partial charge in [0, 0.05) is 33.3 Å². The van der Waals surface area contributed by atoms with Crippen molar-refractivity contribution >= 4 is 0 Å². The first-order chi connectivity index (χ1) is 12.5. The van der Waals surface area contributed by atoms with Crippen molar-refractivity contribution in [3.8, 4) is 5.88 Å². The van der Waals surface area contributed by atoms with E-state index in [9.17, 15) is 18.0 Å². The highest BCUT2D eigenvalue weighted by Gasteiger charge is 2.36. The Morgan fingerprint density at radius 3 is 3.00 bits per heavy atom. The zero-order valence-corrected chi connectivity index (χ0v) is 11.8. The second-order valence-corrected chi connectivity index (χ2v) is 4.84. The van der Waals surface area contributed by atoms with Gasteiger partial charge < -0.3 is 15.0 Å². The van der Waals surface area contributed by atoms with Crippen molar-refractivity contribution < 1.29 is 23.4 Å². The van der Waals surface area contributed by atoms with Crippen molar-refractivity contribution in [1.82, 2.24) is 15.3 Å². The molecule has 1 unspecified atom stereocenters. The minimum Gasteiger partial charge on any atom is -0.481 e. The number of nitrogens with zero attached hydrogens (tertiary/aromatic N) is 1. The molecule has 0 aromatic carbocycles. The van der Waals surface area contributed by atoms with Crippen molar-refractivity contribution in [2.75, 3.05) is 7.11 Å². The molecule has 23 heavy (non-hydrogen) atoms. The lowest BCUT2D eigenvalue weighted by atomic mass is 9.93. The van der Waals surface area contributed by atoms with Gasteiger partial charge in [-0.05, 0) is 29.6 Å². The van der Waals surface area contributed by atoms with Crippen LogP contribution in [0.25, 0.3) is 0 Å². The summed E-state index contributed by atoms with van der Waals surface area (Å²) in [6.45, 7) is -0.172. The summed E-state index contributed by atoms with van der Waals surface area (Å²) in [5.74, 6) is -0.644. The average molecular weight is 329 g/mol. The van der Waals surface area contributed by atoms with Crippen LogP contribution >= 0.6 is 0 Å². The van der Waals surface area contributed by atoms with Crippen molar-refractivity contribution in [2.24, 2.45) is 0 Å². The van der Waals surface area contributed by atoms with Crippen LogP contribution in [0.3, 0.4) is 0 Å². The van der Waals surface area contributed by atoms with Gasteiger partial charge in [-0.25, -0.2) is 4.98 Å². The fraction of sp³-hybridized carbons (Fsp3) is 0.333. The van der Waals surface area contributed by atoms with Crippen molar-refractivity contribution in [1.29, 1.82) is 0 Å². The van der Waals surface area contributed by atoms with Gasteiger partial charge in [0.2, 0.25) is 5.88 Å². The number of ether oxygens (including phenoxy) is 1. The largest absolute Gasteiger partial charge is 0.481 e. The maximum atomic E-state index is 13.2. The van der Waals surface area contributed by atoms with E-state index in [1.54, 1.807) is 0 Å². The number of methoxy groups -OCH3 is 1. The van der Waals surface area contributed by atoms with Crippen LogP contribution in [0.1, 0.15) is 33.8 Å². The number of pyridine rings is 2. The molecule has 0 aliphatic carbocycles. The fourth-order valence-corrected chi connectivity index (χ4v) is 2.30. The maximum absolute atomic E-state index is 13.2. The van der Waals surface area contributed by atoms with Gasteiger partial charge in [-0.2, -0.15) is 13.2 Å². The molecule has 3 rings (SSSR count). The van der Waals surface area contributed by atoms with E-state index < -0.39 is 47.8 Å². The number of nitrogens with one attached hydrogen (secondary N) is 2. The van der Waals surface area contributed by atoms with Gasteiger partial charge in [0.1, 0.15) is 5.56 Å². The van der Waals surface area contributed by atoms with E-state index in [4.69, 9.17) is 5.48 Å². The number of halogens is 3. The van der Waals surface area contributed by atoms with Crippen LogP contribution in [0.15, 0.2) is 29.3 Å². The first-order valence-electron chi connectivity index (χ1n) is 8.55. The molecule has 5 nitrogen and oxygen atoms in total. The van der Waals surface area contributed by atoms with E-state index in [0.717, 1.165) is 19.4 Å². The van der Waals surface area contributed by atoms with E-state index >= 15 is 0 Å². The minimum atomic E-state index is -4.76. The standard InChI is InChI=1S/C15H14F3N3O2/c1-23-14-11(15(16,17)18)4-9(6-21-14)12-5-8-2-3-19-13(22)10(8)7-20-12/h2-4,6,12,20H,5,7H2,1H3,(H,19,22)/i2D,3D,5D2. The number of hydrogen-bond acceptors (Lipinski definition) is 4. The Morgan fingerprint density at radius 2 is 2.30 bits per heavy atom. The molecule has 0 amide bonds. The number of aromatic nitrogens is 2. The van der Waals surface area contributed by atoms with E-state index in [2.05, 4.69) is 20.0 Å². The lowest BCUT2D eigenvalue weighted by Gasteiger charge is -2.26. The third-order valence-electron chi connectivity index (χ3n) is 3.42. The minimum absolute atomic E-state index is 0.0604. The summed E-state index contributed by atoms with van der Waals surface area (Å²) in [5, 5.41) is 2.70. The molecule has 8 heteroatoms. The molecule has 1 aliphatic rings. The first-order valence-corrected chi connectivity index (χ1v) is 6.55. The second kappa shape index (κ2) is 5.69. The van der Waals surface area contributed by atoms with Crippen molar-refractivity contribution in [3.05, 3.63) is 57.1 Å². The molecular formula is C15H14F3N3O2. The zero-order chi connectivity index (χ0) is 20.1. The SMILES string of the molecule is [2H]c1[nH]c(=O)c2c(c1[2H])C([2H])([2H])C(c1cnc(OC)c(C(F)(F)F)c1)NC2. The van der Waals surface area contributed by atoms with Crippen LogP contribution < -0.4 is 15.6 Å². The lowest BCUT2D eigenvalue weighted by Crippen LogP contribution is -2.33. The van der Waals surface area contributed by atoms with Crippen LogP contribution in [-0.4, -0.2) is 17.1 Å². The highest BCUT2D eigenvalue weighted by Crippen LogP contribution is 2.37. The third kappa shape index (κ3) is 2.94. The summed E-state index contributed by atoms with van der Waals surface area (Å²) in [4.78, 5) is 17.8. The van der Waals surface area contributed by atoms with Crippen LogP contribution in [0.5, 0.6) is 5.88 Å². The zero-order valence-electron chi connectivity index (χ0n) is 15.8. The number of aromatic amines is 1. The van der Waals surface area contributed by atoms with E-state index in [0.29, 0.717) is 0 Å². The molecule has 0 saturated carbocycles. The van der Waals surface area contributed by atoms with Gasteiger partial charge in [0.05, 0.1) is 9.85 Å². The predicted octanol–water partition coefficient (Wildman–Crippen LogP) is 2.18. The normalized spacial score (nSPS) is 22.3. The Morgan fingerprint density at radius 1 is 1.52 bits per heavy atom. The number of rotatable bonds is 2. The van der Waals surface area contributed by atoms with Gasteiger partial charge in [-0.3, -0.25) is 4.79 Å². The van der Waals surface area contributed by atoms with E-state index in [1.807, 2.05) is 0 Å². The molecule has 0 bridgehead atoms. The molecule has 122 valence electrons. The fourth-order valence-electron chi connectivity index (χ4n) is 2.30. The summed E-state index contributed by atoms with van der Waals surface area (Å²) in [6, 6.07) is -1.10. The molecule has 0 saturated heterocycles. The number of hydrogen-bond donors (Lipinski definition) is 2. The molecule has 1 atom stereocenters. The molecule has 2 aromatic rings. The summed E-state index contributed by atoms with van der Waals surface area (Å²) < 4.78 is 76.7. The summed E-state index contributed by atoms with van der Waals surface area (Å²) >= 11 is 0. The number of fused-ring (bicyclic) bond motifs is 1. The van der Waals surface area contributed by atoms with E-state index in [1.165, 1.54) is 0 Å².